The lowest BCUT2D eigenvalue weighted by atomic mass is 9.95. The van der Waals surface area contributed by atoms with Gasteiger partial charge in [-0.25, -0.2) is 9.79 Å². The lowest BCUT2D eigenvalue weighted by Gasteiger charge is -2.24. The second-order valence-electron chi connectivity index (χ2n) is 9.44. The number of carbonyl (C=O) groups is 1. The Morgan fingerprint density at radius 2 is 1.83 bits per heavy atom. The van der Waals surface area contributed by atoms with Crippen molar-refractivity contribution in [3.8, 4) is 5.75 Å². The van der Waals surface area contributed by atoms with Gasteiger partial charge in [0, 0.05) is 0 Å². The van der Waals surface area contributed by atoms with Gasteiger partial charge in [-0.05, 0) is 90.4 Å². The quantitative estimate of drug-likeness (QED) is 0.160. The van der Waals surface area contributed by atoms with Gasteiger partial charge in [-0.15, -0.1) is 0 Å². The molecule has 41 heavy (non-hydrogen) atoms. The van der Waals surface area contributed by atoms with Gasteiger partial charge in [0.2, 0.25) is 0 Å². The summed E-state index contributed by atoms with van der Waals surface area (Å²) in [4.78, 5) is 32.0. The molecular formula is C31H25Cl2IN2O4S. The highest BCUT2D eigenvalue weighted by Gasteiger charge is 2.33. The van der Waals surface area contributed by atoms with Gasteiger partial charge in [-0.3, -0.25) is 9.36 Å². The van der Waals surface area contributed by atoms with E-state index in [-0.39, 0.29) is 12.2 Å². The molecule has 0 amide bonds. The summed E-state index contributed by atoms with van der Waals surface area (Å²) < 4.78 is 14.4. The van der Waals surface area contributed by atoms with Crippen molar-refractivity contribution in [2.45, 2.75) is 33.4 Å². The van der Waals surface area contributed by atoms with E-state index in [2.05, 4.69) is 27.6 Å². The fraction of sp³-hybridized carbons (Fsp3) is 0.194. The lowest BCUT2D eigenvalue weighted by Crippen LogP contribution is -2.39. The van der Waals surface area contributed by atoms with Crippen LogP contribution in [0.15, 0.2) is 81.7 Å². The maximum absolute atomic E-state index is 13.8. The van der Waals surface area contributed by atoms with Crippen molar-refractivity contribution in [3.05, 3.63) is 127 Å². The Bertz CT molecular complexity index is 1860. The predicted octanol–water partition coefficient (Wildman–Crippen LogP) is 6.60. The van der Waals surface area contributed by atoms with E-state index < -0.39 is 12.0 Å². The molecule has 0 fully saturated rings. The first-order valence-corrected chi connectivity index (χ1v) is 15.4. The molecule has 10 heteroatoms. The van der Waals surface area contributed by atoms with Crippen molar-refractivity contribution in [2.24, 2.45) is 4.99 Å². The number of hydrogen-bond donors (Lipinski definition) is 0. The van der Waals surface area contributed by atoms with Crippen LogP contribution in [0.4, 0.5) is 0 Å². The third-order valence-corrected chi connectivity index (χ3v) is 9.11. The van der Waals surface area contributed by atoms with E-state index in [1.165, 1.54) is 11.3 Å². The molecule has 2 heterocycles. The smallest absolute Gasteiger partial charge is 0.338 e. The summed E-state index contributed by atoms with van der Waals surface area (Å²) in [7, 11) is 0. The summed E-state index contributed by atoms with van der Waals surface area (Å²) in [6, 6.07) is 18.3. The summed E-state index contributed by atoms with van der Waals surface area (Å²) in [5, 5.41) is 0.977. The number of allylic oxidation sites excluding steroid dienone is 1. The Labute approximate surface area is 264 Å². The maximum atomic E-state index is 13.8. The number of benzene rings is 3. The first kappa shape index (κ1) is 29.6. The first-order chi connectivity index (χ1) is 19.7. The minimum absolute atomic E-state index is 0.219. The van der Waals surface area contributed by atoms with Crippen molar-refractivity contribution in [1.82, 2.24) is 4.57 Å². The number of thiazole rings is 1. The van der Waals surface area contributed by atoms with Crippen LogP contribution >= 0.6 is 57.1 Å². The standard InChI is InChI=1S/C31H25Cl2IN2O4S/c1-4-39-30(38)27-18(3)35-31-36(28(27)21-9-5-17(2)6-10-21)29(37)26(41-31)15-19-8-12-25(24(34)14-19)40-16-20-7-11-22(32)23(33)13-20/h5-15,28H,4,16H2,1-3H3/b26-15+/t28-/m1/s1. The molecule has 0 saturated heterocycles. The zero-order valence-corrected chi connectivity index (χ0v) is 26.9. The van der Waals surface area contributed by atoms with E-state index >= 15 is 0 Å². The van der Waals surface area contributed by atoms with E-state index in [1.54, 1.807) is 30.5 Å². The van der Waals surface area contributed by atoms with E-state index in [4.69, 9.17) is 32.7 Å². The molecule has 0 spiro atoms. The molecule has 5 rings (SSSR count). The lowest BCUT2D eigenvalue weighted by molar-refractivity contribution is -0.139. The van der Waals surface area contributed by atoms with E-state index in [9.17, 15) is 9.59 Å². The first-order valence-electron chi connectivity index (χ1n) is 12.8. The van der Waals surface area contributed by atoms with Gasteiger partial charge in [0.1, 0.15) is 12.4 Å². The van der Waals surface area contributed by atoms with Crippen LogP contribution < -0.4 is 19.6 Å². The Morgan fingerprint density at radius 1 is 1.07 bits per heavy atom. The van der Waals surface area contributed by atoms with Gasteiger partial charge in [-0.2, -0.15) is 0 Å². The molecule has 4 aromatic rings. The highest BCUT2D eigenvalue weighted by Crippen LogP contribution is 2.31. The highest BCUT2D eigenvalue weighted by molar-refractivity contribution is 14.1. The summed E-state index contributed by atoms with van der Waals surface area (Å²) in [5.74, 6) is 0.240. The molecular weight excluding hydrogens is 694 g/mol. The average Bonchev–Trinajstić information content (AvgIpc) is 3.24. The highest BCUT2D eigenvalue weighted by atomic mass is 127. The number of halogens is 3. The zero-order valence-electron chi connectivity index (χ0n) is 22.4. The summed E-state index contributed by atoms with van der Waals surface area (Å²) in [6.45, 7) is 6.10. The fourth-order valence-electron chi connectivity index (χ4n) is 4.52. The molecule has 1 aromatic heterocycles. The van der Waals surface area contributed by atoms with Gasteiger partial charge < -0.3 is 9.47 Å². The van der Waals surface area contributed by atoms with Crippen LogP contribution in [0.5, 0.6) is 5.75 Å². The molecule has 0 N–H and O–H groups in total. The minimum atomic E-state index is -0.634. The molecule has 0 bridgehead atoms. The summed E-state index contributed by atoms with van der Waals surface area (Å²) in [5.41, 5.74) is 4.34. The molecule has 0 unspecified atom stereocenters. The molecule has 0 saturated carbocycles. The van der Waals surface area contributed by atoms with Gasteiger partial charge in [0.25, 0.3) is 5.56 Å². The molecule has 0 radical (unpaired) electrons. The molecule has 1 atom stereocenters. The Morgan fingerprint density at radius 3 is 2.51 bits per heavy atom. The molecule has 1 aliphatic rings. The average molecular weight is 719 g/mol. The van der Waals surface area contributed by atoms with Crippen LogP contribution in [0, 0.1) is 10.5 Å². The number of carbonyl (C=O) groups excluding carboxylic acids is 1. The van der Waals surface area contributed by atoms with E-state index in [0.29, 0.717) is 43.0 Å². The fourth-order valence-corrected chi connectivity index (χ4v) is 6.58. The zero-order chi connectivity index (χ0) is 29.3. The van der Waals surface area contributed by atoms with Crippen molar-refractivity contribution in [1.29, 1.82) is 0 Å². The van der Waals surface area contributed by atoms with Gasteiger partial charge in [-0.1, -0.05) is 76.5 Å². The van der Waals surface area contributed by atoms with Crippen LogP contribution in [-0.2, 0) is 16.1 Å². The number of nitrogens with zero attached hydrogens (tertiary/aromatic N) is 2. The number of rotatable bonds is 7. The van der Waals surface area contributed by atoms with Crippen LogP contribution in [-0.4, -0.2) is 17.1 Å². The van der Waals surface area contributed by atoms with Crippen LogP contribution in [0.1, 0.15) is 42.1 Å². The van der Waals surface area contributed by atoms with Gasteiger partial charge in [0.15, 0.2) is 4.80 Å². The SMILES string of the molecule is CCOC(=O)C1=C(C)N=c2s/c(=C/c3ccc(OCc4ccc(Cl)c(Cl)c4)c(I)c3)c(=O)n2[C@@H]1c1ccc(C)cc1. The summed E-state index contributed by atoms with van der Waals surface area (Å²) in [6.07, 6.45) is 1.84. The summed E-state index contributed by atoms with van der Waals surface area (Å²) >= 11 is 15.6. The maximum Gasteiger partial charge on any atom is 0.338 e. The predicted molar refractivity (Wildman–Crippen MR) is 172 cm³/mol. The Balaban J connectivity index is 1.50. The van der Waals surface area contributed by atoms with Crippen LogP contribution in [0.2, 0.25) is 10.0 Å². The van der Waals surface area contributed by atoms with Gasteiger partial charge >= 0.3 is 5.97 Å². The third-order valence-electron chi connectivity index (χ3n) is 6.54. The second kappa shape index (κ2) is 12.5. The number of hydrogen-bond acceptors (Lipinski definition) is 6. The van der Waals surface area contributed by atoms with Crippen LogP contribution in [0.25, 0.3) is 6.08 Å². The normalized spacial score (nSPS) is 15.0. The molecule has 210 valence electrons. The van der Waals surface area contributed by atoms with E-state index in [1.807, 2.05) is 61.5 Å². The number of aryl methyl sites for hydroxylation is 1. The number of fused-ring (bicyclic) bond motifs is 1. The van der Waals surface area contributed by atoms with Crippen molar-refractivity contribution in [2.75, 3.05) is 6.61 Å². The third kappa shape index (κ3) is 6.30. The Kier molecular flexibility index (Phi) is 9.03. The van der Waals surface area contributed by atoms with Crippen molar-refractivity contribution >= 4 is 69.2 Å². The van der Waals surface area contributed by atoms with Crippen LogP contribution in [0.3, 0.4) is 0 Å². The van der Waals surface area contributed by atoms with Crippen molar-refractivity contribution in [3.63, 3.8) is 0 Å². The molecule has 6 nitrogen and oxygen atoms in total. The molecule has 1 aliphatic heterocycles. The topological polar surface area (TPSA) is 69.9 Å². The number of aromatic nitrogens is 1. The largest absolute Gasteiger partial charge is 0.488 e. The van der Waals surface area contributed by atoms with E-state index in [0.717, 1.165) is 25.8 Å². The molecule has 3 aromatic carbocycles. The molecule has 0 aliphatic carbocycles. The number of ether oxygens (including phenoxy) is 2. The second-order valence-corrected chi connectivity index (χ2v) is 12.4. The Hall–Kier alpha value is -2.92. The number of esters is 1. The minimum Gasteiger partial charge on any atom is -0.488 e. The van der Waals surface area contributed by atoms with Crippen molar-refractivity contribution < 1.29 is 14.3 Å². The van der Waals surface area contributed by atoms with Gasteiger partial charge in [0.05, 0.1) is 42.1 Å². The monoisotopic (exact) mass is 718 g/mol.